The number of halogens is 2. The Labute approximate surface area is 118 Å². The third kappa shape index (κ3) is 3.14. The predicted octanol–water partition coefficient (Wildman–Crippen LogP) is 3.68. The molecule has 1 unspecified atom stereocenters. The Morgan fingerprint density at radius 1 is 1.32 bits per heavy atom. The number of rotatable bonds is 3. The van der Waals surface area contributed by atoms with Crippen LogP contribution < -0.4 is 5.73 Å². The highest BCUT2D eigenvalue weighted by Gasteiger charge is 2.12. The fourth-order valence-corrected chi connectivity index (χ4v) is 3.26. The van der Waals surface area contributed by atoms with Gasteiger partial charge in [0, 0.05) is 21.2 Å². The normalized spacial score (nSPS) is 12.4. The highest BCUT2D eigenvalue weighted by Crippen LogP contribution is 2.23. The summed E-state index contributed by atoms with van der Waals surface area (Å²) in [6, 6.07) is 9.60. The molecule has 0 saturated carbocycles. The maximum atomic E-state index is 13.7. The van der Waals surface area contributed by atoms with Crippen molar-refractivity contribution in [2.45, 2.75) is 17.6 Å². The van der Waals surface area contributed by atoms with Crippen LogP contribution in [0, 0.1) is 12.7 Å². The van der Waals surface area contributed by atoms with Gasteiger partial charge in [0.1, 0.15) is 5.82 Å². The van der Waals surface area contributed by atoms with Crippen molar-refractivity contribution in [1.29, 1.82) is 0 Å². The first-order chi connectivity index (χ1) is 8.99. The summed E-state index contributed by atoms with van der Waals surface area (Å²) in [6.45, 7) is 1.81. The second-order valence-electron chi connectivity index (χ2n) is 4.20. The van der Waals surface area contributed by atoms with Crippen LogP contribution >= 0.6 is 11.6 Å². The molecule has 100 valence electrons. The average molecular weight is 298 g/mol. The van der Waals surface area contributed by atoms with Gasteiger partial charge in [-0.3, -0.25) is 4.21 Å². The summed E-state index contributed by atoms with van der Waals surface area (Å²) < 4.78 is 25.9. The first-order valence-corrected chi connectivity index (χ1v) is 7.36. The Kier molecular flexibility index (Phi) is 4.22. The SMILES string of the molecule is Cc1c(N)cccc1S(=O)Cc1ccc(Cl)cc1F. The maximum absolute atomic E-state index is 13.7. The van der Waals surface area contributed by atoms with Crippen molar-refractivity contribution in [3.05, 3.63) is 58.4 Å². The van der Waals surface area contributed by atoms with Crippen molar-refractivity contribution in [1.82, 2.24) is 0 Å². The smallest absolute Gasteiger partial charge is 0.128 e. The monoisotopic (exact) mass is 297 g/mol. The van der Waals surface area contributed by atoms with E-state index in [1.807, 2.05) is 0 Å². The van der Waals surface area contributed by atoms with Crippen molar-refractivity contribution in [3.63, 3.8) is 0 Å². The van der Waals surface area contributed by atoms with Crippen LogP contribution in [0.15, 0.2) is 41.3 Å². The summed E-state index contributed by atoms with van der Waals surface area (Å²) >= 11 is 5.68. The number of benzene rings is 2. The standard InChI is InChI=1S/C14H13ClFNOS/c1-9-13(17)3-2-4-14(9)19(18)8-10-5-6-11(15)7-12(10)16/h2-7H,8,17H2,1H3. The number of nitrogen functional groups attached to an aromatic ring is 1. The molecule has 0 radical (unpaired) electrons. The summed E-state index contributed by atoms with van der Waals surface area (Å²) in [6.07, 6.45) is 0. The van der Waals surface area contributed by atoms with Crippen molar-refractivity contribution >= 4 is 28.1 Å². The van der Waals surface area contributed by atoms with Gasteiger partial charge in [-0.25, -0.2) is 4.39 Å². The third-order valence-electron chi connectivity index (χ3n) is 2.87. The van der Waals surface area contributed by atoms with Crippen molar-refractivity contribution < 1.29 is 8.60 Å². The van der Waals surface area contributed by atoms with Crippen molar-refractivity contribution in [3.8, 4) is 0 Å². The highest BCUT2D eigenvalue weighted by atomic mass is 35.5. The molecule has 2 aromatic carbocycles. The van der Waals surface area contributed by atoms with E-state index in [9.17, 15) is 8.60 Å². The third-order valence-corrected chi connectivity index (χ3v) is 4.61. The molecule has 0 aliphatic carbocycles. The zero-order valence-electron chi connectivity index (χ0n) is 10.3. The van der Waals surface area contributed by atoms with Crippen molar-refractivity contribution in [2.24, 2.45) is 0 Å². The molecule has 0 amide bonds. The molecule has 0 aliphatic heterocycles. The van der Waals surface area contributed by atoms with E-state index in [-0.39, 0.29) is 5.75 Å². The minimum absolute atomic E-state index is 0.104. The van der Waals surface area contributed by atoms with Gasteiger partial charge in [0.2, 0.25) is 0 Å². The van der Waals surface area contributed by atoms with E-state index in [2.05, 4.69) is 0 Å². The van der Waals surface area contributed by atoms with E-state index in [0.29, 0.717) is 21.2 Å². The molecule has 2 aromatic rings. The molecule has 0 spiro atoms. The molecule has 2 N–H and O–H groups in total. The zero-order valence-corrected chi connectivity index (χ0v) is 11.9. The minimum Gasteiger partial charge on any atom is -0.398 e. The van der Waals surface area contributed by atoms with Gasteiger partial charge in [0.15, 0.2) is 0 Å². The molecule has 0 fully saturated rings. The van der Waals surface area contributed by atoms with E-state index in [1.165, 1.54) is 6.07 Å². The average Bonchev–Trinajstić information content (AvgIpc) is 2.36. The fraction of sp³-hybridized carbons (Fsp3) is 0.143. The topological polar surface area (TPSA) is 43.1 Å². The van der Waals surface area contributed by atoms with Crippen LogP contribution in [0.25, 0.3) is 0 Å². The largest absolute Gasteiger partial charge is 0.398 e. The maximum Gasteiger partial charge on any atom is 0.128 e. The summed E-state index contributed by atoms with van der Waals surface area (Å²) in [5, 5.41) is 0.326. The molecule has 0 bridgehead atoms. The molecular formula is C14H13ClFNOS. The van der Waals surface area contributed by atoms with Crippen LogP contribution in [0.5, 0.6) is 0 Å². The van der Waals surface area contributed by atoms with E-state index in [0.717, 1.165) is 5.56 Å². The van der Waals surface area contributed by atoms with Crippen LogP contribution in [0.3, 0.4) is 0 Å². The first kappa shape index (κ1) is 14.0. The van der Waals surface area contributed by atoms with Gasteiger partial charge < -0.3 is 5.73 Å². The summed E-state index contributed by atoms with van der Waals surface area (Å²) in [5.74, 6) is -0.338. The second-order valence-corrected chi connectivity index (χ2v) is 6.05. The lowest BCUT2D eigenvalue weighted by molar-refractivity contribution is 0.615. The lowest BCUT2D eigenvalue weighted by Crippen LogP contribution is -2.02. The quantitative estimate of drug-likeness (QED) is 0.878. The van der Waals surface area contributed by atoms with Crippen LogP contribution in [-0.4, -0.2) is 4.21 Å². The van der Waals surface area contributed by atoms with Gasteiger partial charge in [0.05, 0.1) is 16.6 Å². The Morgan fingerprint density at radius 3 is 2.74 bits per heavy atom. The van der Waals surface area contributed by atoms with Gasteiger partial charge in [-0.05, 0) is 36.8 Å². The predicted molar refractivity (Wildman–Crippen MR) is 77.1 cm³/mol. The van der Waals surface area contributed by atoms with Crippen molar-refractivity contribution in [2.75, 3.05) is 5.73 Å². The van der Waals surface area contributed by atoms with Gasteiger partial charge in [0.25, 0.3) is 0 Å². The van der Waals surface area contributed by atoms with Crippen LogP contribution in [-0.2, 0) is 16.6 Å². The molecule has 19 heavy (non-hydrogen) atoms. The lowest BCUT2D eigenvalue weighted by Gasteiger charge is -2.09. The molecule has 0 aliphatic rings. The molecule has 0 heterocycles. The first-order valence-electron chi connectivity index (χ1n) is 5.66. The molecule has 0 saturated heterocycles. The molecule has 2 nitrogen and oxygen atoms in total. The number of anilines is 1. The van der Waals surface area contributed by atoms with Crippen LogP contribution in [0.1, 0.15) is 11.1 Å². The molecule has 0 aromatic heterocycles. The Balaban J connectivity index is 2.28. The van der Waals surface area contributed by atoms with Crippen LogP contribution in [0.4, 0.5) is 10.1 Å². The summed E-state index contributed by atoms with van der Waals surface area (Å²) in [7, 11) is -1.34. The molecular weight excluding hydrogens is 285 g/mol. The van der Waals surface area contributed by atoms with E-state index in [4.69, 9.17) is 17.3 Å². The Morgan fingerprint density at radius 2 is 2.05 bits per heavy atom. The molecule has 2 rings (SSSR count). The Hall–Kier alpha value is -1.39. The number of hydrogen-bond donors (Lipinski definition) is 1. The van der Waals surface area contributed by atoms with Gasteiger partial charge >= 0.3 is 0 Å². The minimum atomic E-state index is -1.34. The summed E-state index contributed by atoms with van der Waals surface area (Å²) in [4.78, 5) is 0.634. The lowest BCUT2D eigenvalue weighted by atomic mass is 10.2. The fourth-order valence-electron chi connectivity index (χ4n) is 1.74. The zero-order chi connectivity index (χ0) is 14.0. The van der Waals surface area contributed by atoms with Gasteiger partial charge in [-0.15, -0.1) is 0 Å². The number of nitrogens with two attached hydrogens (primary N) is 1. The van der Waals surface area contributed by atoms with Gasteiger partial charge in [-0.1, -0.05) is 23.7 Å². The van der Waals surface area contributed by atoms with Gasteiger partial charge in [-0.2, -0.15) is 0 Å². The molecule has 5 heteroatoms. The Bertz CT molecular complexity index is 645. The molecule has 1 atom stereocenters. The summed E-state index contributed by atoms with van der Waals surface area (Å²) in [5.41, 5.74) is 7.51. The highest BCUT2D eigenvalue weighted by molar-refractivity contribution is 7.84. The van der Waals surface area contributed by atoms with E-state index in [1.54, 1.807) is 37.3 Å². The second kappa shape index (κ2) is 5.72. The number of hydrogen-bond acceptors (Lipinski definition) is 2. The van der Waals surface area contributed by atoms with E-state index >= 15 is 0 Å². The van der Waals surface area contributed by atoms with Crippen LogP contribution in [0.2, 0.25) is 5.02 Å². The van der Waals surface area contributed by atoms with E-state index < -0.39 is 16.6 Å².